The van der Waals surface area contributed by atoms with Crippen LogP contribution in [0.5, 0.6) is 0 Å². The van der Waals surface area contributed by atoms with Crippen molar-refractivity contribution >= 4 is 29.0 Å². The Kier molecular flexibility index (Phi) is 3.71. The molecular formula is C11H14N4O2S. The van der Waals surface area contributed by atoms with Crippen LogP contribution in [0.15, 0.2) is 12.4 Å². The van der Waals surface area contributed by atoms with E-state index in [0.29, 0.717) is 11.5 Å². The van der Waals surface area contributed by atoms with Crippen LogP contribution in [-0.4, -0.2) is 40.6 Å². The number of hydrogen-bond acceptors (Lipinski definition) is 6. The van der Waals surface area contributed by atoms with Crippen LogP contribution in [-0.2, 0) is 9.53 Å². The second kappa shape index (κ2) is 5.26. The van der Waals surface area contributed by atoms with Crippen LogP contribution in [0.1, 0.15) is 18.5 Å². The third kappa shape index (κ3) is 2.40. The predicted molar refractivity (Wildman–Crippen MR) is 70.3 cm³/mol. The van der Waals surface area contributed by atoms with E-state index >= 15 is 0 Å². The number of anilines is 1. The summed E-state index contributed by atoms with van der Waals surface area (Å²) in [4.78, 5) is 22.1. The average Bonchev–Trinajstić information content (AvgIpc) is 2.87. The second-order valence-corrected chi connectivity index (χ2v) is 4.44. The molecule has 1 aliphatic rings. The SMILES string of the molecule is COC(=O)C1CCCN1c1cnc(C(N)=S)cn1. The maximum Gasteiger partial charge on any atom is 0.328 e. The summed E-state index contributed by atoms with van der Waals surface area (Å²) in [6.07, 6.45) is 4.80. The number of carbonyl (C=O) groups excluding carboxylic acids is 1. The highest BCUT2D eigenvalue weighted by molar-refractivity contribution is 7.80. The standard InChI is InChI=1S/C11H14N4O2S/c1-17-11(16)8-3-2-4-15(8)9-6-13-7(5-14-9)10(12)18/h5-6,8H,2-4H2,1H3,(H2,12,18). The van der Waals surface area contributed by atoms with E-state index in [9.17, 15) is 4.79 Å². The van der Waals surface area contributed by atoms with Crippen molar-refractivity contribution < 1.29 is 9.53 Å². The van der Waals surface area contributed by atoms with Gasteiger partial charge in [-0.2, -0.15) is 0 Å². The van der Waals surface area contributed by atoms with Crippen LogP contribution < -0.4 is 10.6 Å². The number of rotatable bonds is 3. The molecule has 1 fully saturated rings. The van der Waals surface area contributed by atoms with E-state index < -0.39 is 0 Å². The summed E-state index contributed by atoms with van der Waals surface area (Å²) in [5.74, 6) is 0.399. The number of esters is 1. The molecule has 7 heteroatoms. The summed E-state index contributed by atoms with van der Waals surface area (Å²) < 4.78 is 4.78. The Labute approximate surface area is 110 Å². The monoisotopic (exact) mass is 266 g/mol. The Morgan fingerprint density at radius 3 is 2.89 bits per heavy atom. The van der Waals surface area contributed by atoms with E-state index in [0.717, 1.165) is 19.4 Å². The van der Waals surface area contributed by atoms with Gasteiger partial charge in [-0.1, -0.05) is 12.2 Å². The summed E-state index contributed by atoms with van der Waals surface area (Å²) in [6.45, 7) is 0.765. The highest BCUT2D eigenvalue weighted by Crippen LogP contribution is 2.23. The molecule has 1 aromatic heterocycles. The number of aromatic nitrogens is 2. The normalized spacial score (nSPS) is 18.7. The number of carbonyl (C=O) groups is 1. The van der Waals surface area contributed by atoms with Crippen molar-refractivity contribution in [2.75, 3.05) is 18.6 Å². The number of ether oxygens (including phenoxy) is 1. The minimum atomic E-state index is -0.278. The van der Waals surface area contributed by atoms with Crippen molar-refractivity contribution in [3.05, 3.63) is 18.1 Å². The molecule has 0 bridgehead atoms. The van der Waals surface area contributed by atoms with E-state index in [2.05, 4.69) is 9.97 Å². The first-order chi connectivity index (χ1) is 8.63. The molecule has 18 heavy (non-hydrogen) atoms. The van der Waals surface area contributed by atoms with Crippen molar-refractivity contribution in [2.45, 2.75) is 18.9 Å². The molecule has 1 aromatic rings. The molecule has 0 saturated carbocycles. The molecule has 96 valence electrons. The van der Waals surface area contributed by atoms with Gasteiger partial charge in [0.05, 0.1) is 19.5 Å². The van der Waals surface area contributed by atoms with Gasteiger partial charge >= 0.3 is 5.97 Å². The van der Waals surface area contributed by atoms with Crippen LogP contribution in [0.4, 0.5) is 5.82 Å². The number of nitrogens with two attached hydrogens (primary N) is 1. The number of hydrogen-bond donors (Lipinski definition) is 1. The van der Waals surface area contributed by atoms with Crippen LogP contribution in [0.25, 0.3) is 0 Å². The Bertz CT molecular complexity index is 463. The van der Waals surface area contributed by atoms with Crippen molar-refractivity contribution in [3.63, 3.8) is 0 Å². The maximum atomic E-state index is 11.6. The summed E-state index contributed by atoms with van der Waals surface area (Å²) in [5.41, 5.74) is 5.93. The van der Waals surface area contributed by atoms with E-state index in [1.165, 1.54) is 13.3 Å². The molecule has 0 amide bonds. The highest BCUT2D eigenvalue weighted by Gasteiger charge is 2.32. The lowest BCUT2D eigenvalue weighted by Crippen LogP contribution is -2.37. The van der Waals surface area contributed by atoms with E-state index in [-0.39, 0.29) is 17.0 Å². The molecule has 0 aromatic carbocycles. The fraction of sp³-hybridized carbons (Fsp3) is 0.455. The molecule has 1 unspecified atom stereocenters. The van der Waals surface area contributed by atoms with Crippen LogP contribution in [0.3, 0.4) is 0 Å². The van der Waals surface area contributed by atoms with E-state index in [1.54, 1.807) is 6.20 Å². The summed E-state index contributed by atoms with van der Waals surface area (Å²) in [5, 5.41) is 0. The molecule has 0 spiro atoms. The summed E-state index contributed by atoms with van der Waals surface area (Å²) in [6, 6.07) is -0.278. The first-order valence-electron chi connectivity index (χ1n) is 5.60. The minimum Gasteiger partial charge on any atom is -0.467 e. The Morgan fingerprint density at radius 1 is 1.56 bits per heavy atom. The van der Waals surface area contributed by atoms with Gasteiger partial charge in [-0.15, -0.1) is 0 Å². The number of methoxy groups -OCH3 is 1. The smallest absolute Gasteiger partial charge is 0.328 e. The molecule has 2 N–H and O–H groups in total. The molecule has 1 atom stereocenters. The maximum absolute atomic E-state index is 11.6. The van der Waals surface area contributed by atoms with Crippen LogP contribution in [0.2, 0.25) is 0 Å². The fourth-order valence-electron chi connectivity index (χ4n) is 2.02. The van der Waals surface area contributed by atoms with Crippen molar-refractivity contribution in [1.82, 2.24) is 9.97 Å². The predicted octanol–water partition coefficient (Wildman–Crippen LogP) is 0.253. The second-order valence-electron chi connectivity index (χ2n) is 4.00. The van der Waals surface area contributed by atoms with Gasteiger partial charge in [-0.05, 0) is 12.8 Å². The summed E-state index contributed by atoms with van der Waals surface area (Å²) >= 11 is 4.81. The van der Waals surface area contributed by atoms with Crippen molar-refractivity contribution in [3.8, 4) is 0 Å². The first-order valence-corrected chi connectivity index (χ1v) is 6.00. The quantitative estimate of drug-likeness (QED) is 0.620. The third-order valence-electron chi connectivity index (χ3n) is 2.91. The lowest BCUT2D eigenvalue weighted by Gasteiger charge is -2.23. The Hall–Kier alpha value is -1.76. The molecule has 0 aliphatic carbocycles. The zero-order valence-electron chi connectivity index (χ0n) is 10.00. The molecule has 1 aliphatic heterocycles. The van der Waals surface area contributed by atoms with Crippen molar-refractivity contribution in [2.24, 2.45) is 5.73 Å². The summed E-state index contributed by atoms with van der Waals surface area (Å²) in [7, 11) is 1.39. The zero-order valence-corrected chi connectivity index (χ0v) is 10.8. The van der Waals surface area contributed by atoms with Gasteiger partial charge in [0.1, 0.15) is 22.5 Å². The fourth-order valence-corrected chi connectivity index (χ4v) is 2.12. The van der Waals surface area contributed by atoms with Gasteiger partial charge in [0.15, 0.2) is 0 Å². The van der Waals surface area contributed by atoms with Gasteiger partial charge in [-0.3, -0.25) is 0 Å². The van der Waals surface area contributed by atoms with Gasteiger partial charge in [0.25, 0.3) is 0 Å². The number of thiocarbonyl (C=S) groups is 1. The highest BCUT2D eigenvalue weighted by atomic mass is 32.1. The minimum absolute atomic E-state index is 0.208. The Balaban J connectivity index is 2.20. The third-order valence-corrected chi connectivity index (χ3v) is 3.12. The van der Waals surface area contributed by atoms with E-state index in [4.69, 9.17) is 22.7 Å². The molecule has 1 saturated heterocycles. The van der Waals surface area contributed by atoms with Crippen molar-refractivity contribution in [1.29, 1.82) is 0 Å². The van der Waals surface area contributed by atoms with E-state index in [1.807, 2.05) is 4.90 Å². The van der Waals surface area contributed by atoms with Crippen LogP contribution >= 0.6 is 12.2 Å². The van der Waals surface area contributed by atoms with Gasteiger partial charge < -0.3 is 15.4 Å². The number of nitrogens with zero attached hydrogens (tertiary/aromatic N) is 3. The van der Waals surface area contributed by atoms with Crippen LogP contribution in [0, 0.1) is 0 Å². The first kappa shape index (κ1) is 12.7. The topological polar surface area (TPSA) is 81.3 Å². The zero-order chi connectivity index (χ0) is 13.1. The van der Waals surface area contributed by atoms with Gasteiger partial charge in [0.2, 0.25) is 0 Å². The molecule has 2 heterocycles. The van der Waals surface area contributed by atoms with Gasteiger partial charge in [0, 0.05) is 6.54 Å². The molecule has 6 nitrogen and oxygen atoms in total. The molecule has 2 rings (SSSR count). The van der Waals surface area contributed by atoms with Gasteiger partial charge in [-0.25, -0.2) is 14.8 Å². The Morgan fingerprint density at radius 2 is 2.33 bits per heavy atom. The lowest BCUT2D eigenvalue weighted by atomic mass is 10.2. The average molecular weight is 266 g/mol. The molecule has 0 radical (unpaired) electrons. The lowest BCUT2D eigenvalue weighted by molar-refractivity contribution is -0.141. The largest absolute Gasteiger partial charge is 0.467 e. The molecular weight excluding hydrogens is 252 g/mol.